The molecule has 1 aliphatic rings. The Morgan fingerprint density at radius 3 is 2.93 bits per heavy atom. The number of anilines is 3. The summed E-state index contributed by atoms with van der Waals surface area (Å²) in [6.07, 6.45) is 4.12. The summed E-state index contributed by atoms with van der Waals surface area (Å²) in [4.78, 5) is 23.6. The summed E-state index contributed by atoms with van der Waals surface area (Å²) in [7, 11) is 0. The Hall–Kier alpha value is -2.73. The quantitative estimate of drug-likeness (QED) is 0.730. The van der Waals surface area contributed by atoms with Crippen LogP contribution in [0.5, 0.6) is 0 Å². The fourth-order valence-electron chi connectivity index (χ4n) is 3.40. The molecule has 2 aromatic heterocycles. The van der Waals surface area contributed by atoms with Crippen molar-refractivity contribution < 1.29 is 4.79 Å². The number of hydrogen-bond donors (Lipinski definition) is 1. The second kappa shape index (κ2) is 7.48. The summed E-state index contributed by atoms with van der Waals surface area (Å²) < 4.78 is 0. The van der Waals surface area contributed by atoms with Crippen molar-refractivity contribution in [3.05, 3.63) is 64.3 Å². The Morgan fingerprint density at radius 1 is 1.22 bits per heavy atom. The van der Waals surface area contributed by atoms with E-state index in [9.17, 15) is 4.79 Å². The zero-order valence-corrected chi connectivity index (χ0v) is 16.3. The Morgan fingerprint density at radius 2 is 2.07 bits per heavy atom. The average Bonchev–Trinajstić information content (AvgIpc) is 3.07. The Kier molecular flexibility index (Phi) is 4.90. The van der Waals surface area contributed by atoms with E-state index in [1.54, 1.807) is 6.20 Å². The largest absolute Gasteiger partial charge is 0.316 e. The van der Waals surface area contributed by atoms with Crippen LogP contribution < -0.4 is 10.2 Å². The minimum Gasteiger partial charge on any atom is -0.316 e. The van der Waals surface area contributed by atoms with Crippen LogP contribution in [0.1, 0.15) is 28.8 Å². The minimum absolute atomic E-state index is 0.102. The highest BCUT2D eigenvalue weighted by atomic mass is 32.1. The molecule has 0 radical (unpaired) electrons. The molecule has 4 rings (SSSR count). The molecule has 0 saturated carbocycles. The van der Waals surface area contributed by atoms with Crippen LogP contribution in [0.3, 0.4) is 0 Å². The summed E-state index contributed by atoms with van der Waals surface area (Å²) in [5.41, 5.74) is 5.48. The SMILES string of the molecule is Cc1ccnc(Nc2nc(CC(=O)N3CCCc4cc(C)ccc43)cs2)c1. The van der Waals surface area contributed by atoms with Gasteiger partial charge in [0.1, 0.15) is 5.82 Å². The molecular formula is C21H22N4OS. The first-order valence-corrected chi connectivity index (χ1v) is 10.0. The number of hydrogen-bond acceptors (Lipinski definition) is 5. The van der Waals surface area contributed by atoms with Gasteiger partial charge in [-0.2, -0.15) is 0 Å². The summed E-state index contributed by atoms with van der Waals surface area (Å²) in [6, 6.07) is 10.3. The lowest BCUT2D eigenvalue weighted by atomic mass is 9.99. The topological polar surface area (TPSA) is 58.1 Å². The molecule has 0 aliphatic carbocycles. The number of carbonyl (C=O) groups is 1. The van der Waals surface area contributed by atoms with E-state index in [0.717, 1.165) is 47.3 Å². The number of fused-ring (bicyclic) bond motifs is 1. The second-order valence-electron chi connectivity index (χ2n) is 6.95. The fraction of sp³-hybridized carbons (Fsp3) is 0.286. The standard InChI is InChI=1S/C21H22N4OS/c1-14-5-6-18-16(10-14)4-3-9-25(18)20(26)12-17-13-27-21(23-17)24-19-11-15(2)7-8-22-19/h5-8,10-11,13H,3-4,9,12H2,1-2H3,(H,22,23,24). The van der Waals surface area contributed by atoms with E-state index < -0.39 is 0 Å². The third kappa shape index (κ3) is 4.01. The molecule has 1 N–H and O–H groups in total. The maximum Gasteiger partial charge on any atom is 0.233 e. The van der Waals surface area contributed by atoms with E-state index in [-0.39, 0.29) is 5.91 Å². The lowest BCUT2D eigenvalue weighted by molar-refractivity contribution is -0.118. The minimum atomic E-state index is 0.102. The van der Waals surface area contributed by atoms with Gasteiger partial charge in [-0.25, -0.2) is 9.97 Å². The van der Waals surface area contributed by atoms with Crippen LogP contribution in [-0.2, 0) is 17.6 Å². The van der Waals surface area contributed by atoms with Crippen LogP contribution >= 0.6 is 11.3 Å². The zero-order valence-electron chi connectivity index (χ0n) is 15.5. The van der Waals surface area contributed by atoms with Gasteiger partial charge < -0.3 is 10.2 Å². The summed E-state index contributed by atoms with van der Waals surface area (Å²) in [5, 5.41) is 5.91. The van der Waals surface area contributed by atoms with Crippen LogP contribution in [0.15, 0.2) is 41.9 Å². The van der Waals surface area contributed by atoms with Gasteiger partial charge in [0.2, 0.25) is 5.91 Å². The lowest BCUT2D eigenvalue weighted by Gasteiger charge is -2.29. The number of nitrogens with one attached hydrogen (secondary N) is 1. The summed E-state index contributed by atoms with van der Waals surface area (Å²) in [5.74, 6) is 0.868. The van der Waals surface area contributed by atoms with Crippen molar-refractivity contribution in [2.24, 2.45) is 0 Å². The molecule has 1 aromatic carbocycles. The number of thiazole rings is 1. The van der Waals surface area contributed by atoms with Gasteiger partial charge in [0.25, 0.3) is 0 Å². The Bertz CT molecular complexity index is 982. The third-order valence-electron chi connectivity index (χ3n) is 4.69. The van der Waals surface area contributed by atoms with Gasteiger partial charge in [0.15, 0.2) is 5.13 Å². The predicted octanol–water partition coefficient (Wildman–Crippen LogP) is 4.42. The second-order valence-corrected chi connectivity index (χ2v) is 7.80. The Labute approximate surface area is 163 Å². The smallest absolute Gasteiger partial charge is 0.233 e. The van der Waals surface area contributed by atoms with Gasteiger partial charge in [-0.15, -0.1) is 11.3 Å². The van der Waals surface area contributed by atoms with Gasteiger partial charge in [-0.05, 0) is 56.0 Å². The van der Waals surface area contributed by atoms with Gasteiger partial charge in [-0.1, -0.05) is 17.7 Å². The molecule has 3 heterocycles. The molecule has 1 amide bonds. The number of benzene rings is 1. The van der Waals surface area contributed by atoms with E-state index in [1.807, 2.05) is 29.3 Å². The fourth-order valence-corrected chi connectivity index (χ4v) is 4.11. The highest BCUT2D eigenvalue weighted by molar-refractivity contribution is 7.13. The Balaban J connectivity index is 1.46. The van der Waals surface area contributed by atoms with Crippen molar-refractivity contribution in [1.29, 1.82) is 0 Å². The van der Waals surface area contributed by atoms with Crippen molar-refractivity contribution in [2.75, 3.05) is 16.8 Å². The van der Waals surface area contributed by atoms with Crippen LogP contribution in [0.25, 0.3) is 0 Å². The zero-order chi connectivity index (χ0) is 18.8. The van der Waals surface area contributed by atoms with Crippen molar-refractivity contribution in [3.63, 3.8) is 0 Å². The molecule has 27 heavy (non-hydrogen) atoms. The number of aromatic nitrogens is 2. The first-order valence-electron chi connectivity index (χ1n) is 9.12. The van der Waals surface area contributed by atoms with Crippen LogP contribution in [0.4, 0.5) is 16.6 Å². The molecule has 0 bridgehead atoms. The highest BCUT2D eigenvalue weighted by Crippen LogP contribution is 2.29. The first-order chi connectivity index (χ1) is 13.1. The van der Waals surface area contributed by atoms with Crippen LogP contribution in [-0.4, -0.2) is 22.4 Å². The van der Waals surface area contributed by atoms with Crippen LogP contribution in [0.2, 0.25) is 0 Å². The molecule has 0 saturated heterocycles. The van der Waals surface area contributed by atoms with E-state index in [1.165, 1.54) is 22.5 Å². The van der Waals surface area contributed by atoms with E-state index in [4.69, 9.17) is 0 Å². The van der Waals surface area contributed by atoms with E-state index in [2.05, 4.69) is 40.4 Å². The molecule has 0 unspecified atom stereocenters. The van der Waals surface area contributed by atoms with Crippen molar-refractivity contribution in [2.45, 2.75) is 33.1 Å². The molecule has 0 atom stereocenters. The number of carbonyl (C=O) groups excluding carboxylic acids is 1. The summed E-state index contributed by atoms with van der Waals surface area (Å²) >= 11 is 1.49. The number of amides is 1. The maximum atomic E-state index is 12.9. The van der Waals surface area contributed by atoms with E-state index in [0.29, 0.717) is 6.42 Å². The monoisotopic (exact) mass is 378 g/mol. The number of nitrogens with zero attached hydrogens (tertiary/aromatic N) is 3. The molecule has 138 valence electrons. The number of rotatable bonds is 4. The average molecular weight is 379 g/mol. The number of aryl methyl sites for hydroxylation is 3. The van der Waals surface area contributed by atoms with Crippen molar-refractivity contribution in [3.8, 4) is 0 Å². The molecule has 6 heteroatoms. The molecule has 3 aromatic rings. The van der Waals surface area contributed by atoms with Crippen LogP contribution in [0, 0.1) is 13.8 Å². The maximum absolute atomic E-state index is 12.9. The molecular weight excluding hydrogens is 356 g/mol. The molecule has 0 spiro atoms. The third-order valence-corrected chi connectivity index (χ3v) is 5.50. The predicted molar refractivity (Wildman–Crippen MR) is 110 cm³/mol. The van der Waals surface area contributed by atoms with E-state index >= 15 is 0 Å². The molecule has 1 aliphatic heterocycles. The van der Waals surface area contributed by atoms with Gasteiger partial charge in [0.05, 0.1) is 12.1 Å². The summed E-state index contributed by atoms with van der Waals surface area (Å²) in [6.45, 7) is 4.89. The van der Waals surface area contributed by atoms with Gasteiger partial charge in [0, 0.05) is 23.8 Å². The van der Waals surface area contributed by atoms with Crippen molar-refractivity contribution in [1.82, 2.24) is 9.97 Å². The van der Waals surface area contributed by atoms with Gasteiger partial charge >= 0.3 is 0 Å². The highest BCUT2D eigenvalue weighted by Gasteiger charge is 2.23. The molecule has 0 fully saturated rings. The first kappa shape index (κ1) is 17.7. The van der Waals surface area contributed by atoms with Gasteiger partial charge in [-0.3, -0.25) is 4.79 Å². The normalized spacial score (nSPS) is 13.3. The number of pyridine rings is 1. The molecule has 5 nitrogen and oxygen atoms in total. The lowest BCUT2D eigenvalue weighted by Crippen LogP contribution is -2.36. The van der Waals surface area contributed by atoms with Crippen molar-refractivity contribution >= 4 is 33.9 Å².